The molecular weight excluding hydrogens is 352 g/mol. The van der Waals surface area contributed by atoms with Crippen LogP contribution in [0.4, 0.5) is 23.1 Å². The van der Waals surface area contributed by atoms with Gasteiger partial charge in [-0.15, -0.1) is 0 Å². The Kier molecular flexibility index (Phi) is 5.59. The smallest absolute Gasteiger partial charge is 0.337 e. The number of hydrogen-bond donors (Lipinski definition) is 2. The minimum absolute atomic E-state index is 0.00598. The second-order valence-corrected chi connectivity index (χ2v) is 7.38. The van der Waals surface area contributed by atoms with E-state index in [2.05, 4.69) is 47.4 Å². The number of benzene rings is 2. The standard InChI is InChI=1S/C22H24N4O2/c1-22(2,3)17-10-5-6-11-18(17)25-19-12-13-23-21(26-19)24-16-9-7-8-15(14-16)20(27)28-4/h5-14H,1-4H3,(H2,23,24,25,26). The minimum Gasteiger partial charge on any atom is -0.465 e. The van der Waals surface area contributed by atoms with Crippen molar-refractivity contribution >= 4 is 29.1 Å². The van der Waals surface area contributed by atoms with Crippen molar-refractivity contribution in [3.8, 4) is 0 Å². The summed E-state index contributed by atoms with van der Waals surface area (Å²) in [6.45, 7) is 6.53. The van der Waals surface area contributed by atoms with E-state index in [9.17, 15) is 4.79 Å². The maximum absolute atomic E-state index is 11.7. The number of carbonyl (C=O) groups excluding carboxylic acids is 1. The first-order chi connectivity index (χ1) is 13.4. The molecule has 0 saturated carbocycles. The van der Waals surface area contributed by atoms with Crippen LogP contribution in [0.1, 0.15) is 36.7 Å². The van der Waals surface area contributed by atoms with Crippen LogP contribution in [0.15, 0.2) is 60.8 Å². The van der Waals surface area contributed by atoms with Gasteiger partial charge < -0.3 is 15.4 Å². The molecule has 1 aromatic heterocycles. The van der Waals surface area contributed by atoms with Gasteiger partial charge in [-0.1, -0.05) is 45.0 Å². The molecule has 6 nitrogen and oxygen atoms in total. The molecule has 28 heavy (non-hydrogen) atoms. The fourth-order valence-corrected chi connectivity index (χ4v) is 2.84. The van der Waals surface area contributed by atoms with Crippen LogP contribution < -0.4 is 10.6 Å². The molecule has 0 bridgehead atoms. The summed E-state index contributed by atoms with van der Waals surface area (Å²) in [5.41, 5.74) is 3.38. The van der Waals surface area contributed by atoms with Gasteiger partial charge in [0.1, 0.15) is 5.82 Å². The predicted octanol–water partition coefficient (Wildman–Crippen LogP) is 5.05. The summed E-state index contributed by atoms with van der Waals surface area (Å²) in [4.78, 5) is 20.5. The van der Waals surface area contributed by atoms with Crippen LogP contribution in [0.2, 0.25) is 0 Å². The average molecular weight is 376 g/mol. The Hall–Kier alpha value is -3.41. The largest absolute Gasteiger partial charge is 0.465 e. The third-order valence-corrected chi connectivity index (χ3v) is 4.19. The van der Waals surface area contributed by atoms with E-state index in [4.69, 9.17) is 4.74 Å². The van der Waals surface area contributed by atoms with Crippen LogP contribution in [0.5, 0.6) is 0 Å². The number of para-hydroxylation sites is 1. The zero-order chi connectivity index (χ0) is 20.1. The highest BCUT2D eigenvalue weighted by Crippen LogP contribution is 2.31. The average Bonchev–Trinajstić information content (AvgIpc) is 2.67. The zero-order valence-electron chi connectivity index (χ0n) is 16.5. The molecule has 0 radical (unpaired) electrons. The van der Waals surface area contributed by atoms with E-state index in [0.717, 1.165) is 5.69 Å². The van der Waals surface area contributed by atoms with E-state index in [0.29, 0.717) is 23.0 Å². The predicted molar refractivity (Wildman–Crippen MR) is 112 cm³/mol. The molecule has 0 spiro atoms. The Morgan fingerprint density at radius 3 is 2.54 bits per heavy atom. The monoisotopic (exact) mass is 376 g/mol. The summed E-state index contributed by atoms with van der Waals surface area (Å²) in [5.74, 6) is 0.720. The second-order valence-electron chi connectivity index (χ2n) is 7.38. The SMILES string of the molecule is COC(=O)c1cccc(Nc2nccc(Nc3ccccc3C(C)(C)C)n2)c1. The van der Waals surface area contributed by atoms with Gasteiger partial charge >= 0.3 is 5.97 Å². The number of nitrogens with zero attached hydrogens (tertiary/aromatic N) is 2. The van der Waals surface area contributed by atoms with Crippen LogP contribution in [0.3, 0.4) is 0 Å². The number of ether oxygens (including phenoxy) is 1. The third-order valence-electron chi connectivity index (χ3n) is 4.19. The van der Waals surface area contributed by atoms with Crippen molar-refractivity contribution in [2.45, 2.75) is 26.2 Å². The third kappa shape index (κ3) is 4.65. The van der Waals surface area contributed by atoms with Crippen molar-refractivity contribution in [3.63, 3.8) is 0 Å². The van der Waals surface area contributed by atoms with E-state index < -0.39 is 5.97 Å². The topological polar surface area (TPSA) is 76.1 Å². The van der Waals surface area contributed by atoms with Crippen molar-refractivity contribution in [2.75, 3.05) is 17.7 Å². The van der Waals surface area contributed by atoms with Crippen molar-refractivity contribution in [3.05, 3.63) is 71.9 Å². The molecular formula is C22H24N4O2. The summed E-state index contributed by atoms with van der Waals surface area (Å²) in [6.07, 6.45) is 1.68. The van der Waals surface area contributed by atoms with Crippen LogP contribution in [0, 0.1) is 0 Å². The van der Waals surface area contributed by atoms with E-state index in [1.54, 1.807) is 24.4 Å². The molecule has 0 saturated heterocycles. The van der Waals surface area contributed by atoms with Gasteiger partial charge in [0, 0.05) is 17.6 Å². The highest BCUT2D eigenvalue weighted by atomic mass is 16.5. The lowest BCUT2D eigenvalue weighted by Gasteiger charge is -2.23. The first-order valence-corrected chi connectivity index (χ1v) is 9.02. The van der Waals surface area contributed by atoms with E-state index in [1.165, 1.54) is 12.7 Å². The van der Waals surface area contributed by atoms with E-state index in [-0.39, 0.29) is 5.41 Å². The molecule has 2 N–H and O–H groups in total. The fraction of sp³-hybridized carbons (Fsp3) is 0.227. The molecule has 2 aromatic carbocycles. The molecule has 3 rings (SSSR count). The molecule has 3 aromatic rings. The maximum Gasteiger partial charge on any atom is 0.337 e. The number of aromatic nitrogens is 2. The highest BCUT2D eigenvalue weighted by molar-refractivity contribution is 5.90. The number of hydrogen-bond acceptors (Lipinski definition) is 6. The number of carbonyl (C=O) groups is 1. The Bertz CT molecular complexity index is 980. The van der Waals surface area contributed by atoms with Crippen LogP contribution >= 0.6 is 0 Å². The Morgan fingerprint density at radius 2 is 1.79 bits per heavy atom. The van der Waals surface area contributed by atoms with Crippen molar-refractivity contribution in [2.24, 2.45) is 0 Å². The fourth-order valence-electron chi connectivity index (χ4n) is 2.84. The highest BCUT2D eigenvalue weighted by Gasteiger charge is 2.17. The number of methoxy groups -OCH3 is 1. The molecule has 0 aliphatic heterocycles. The van der Waals surface area contributed by atoms with Crippen LogP contribution in [-0.4, -0.2) is 23.0 Å². The Labute approximate surface area is 165 Å². The number of anilines is 4. The molecule has 0 amide bonds. The normalized spacial score (nSPS) is 11.0. The molecule has 0 fully saturated rings. The quantitative estimate of drug-likeness (QED) is 0.607. The van der Waals surface area contributed by atoms with Gasteiger partial charge in [-0.2, -0.15) is 4.98 Å². The summed E-state index contributed by atoms with van der Waals surface area (Å²) >= 11 is 0. The molecule has 0 aliphatic rings. The van der Waals surface area contributed by atoms with Crippen LogP contribution in [-0.2, 0) is 10.2 Å². The lowest BCUT2D eigenvalue weighted by Crippen LogP contribution is -2.13. The van der Waals surface area contributed by atoms with Gasteiger partial charge in [0.05, 0.1) is 12.7 Å². The lowest BCUT2D eigenvalue weighted by atomic mass is 9.86. The number of nitrogens with one attached hydrogen (secondary N) is 2. The summed E-state index contributed by atoms with van der Waals surface area (Å²) in [5, 5.41) is 6.50. The Balaban J connectivity index is 1.82. The minimum atomic E-state index is -0.390. The molecule has 0 aliphatic carbocycles. The molecule has 0 unspecified atom stereocenters. The van der Waals surface area contributed by atoms with E-state index in [1.807, 2.05) is 30.3 Å². The zero-order valence-corrected chi connectivity index (χ0v) is 16.5. The second kappa shape index (κ2) is 8.08. The van der Waals surface area contributed by atoms with Gasteiger partial charge in [-0.05, 0) is 41.3 Å². The van der Waals surface area contributed by atoms with Crippen molar-refractivity contribution < 1.29 is 9.53 Å². The molecule has 1 heterocycles. The van der Waals surface area contributed by atoms with Gasteiger partial charge in [-0.3, -0.25) is 0 Å². The molecule has 6 heteroatoms. The summed E-state index contributed by atoms with van der Waals surface area (Å²) in [6, 6.07) is 17.0. The van der Waals surface area contributed by atoms with Crippen molar-refractivity contribution in [1.29, 1.82) is 0 Å². The summed E-state index contributed by atoms with van der Waals surface area (Å²) < 4.78 is 4.76. The molecule has 0 atom stereocenters. The van der Waals surface area contributed by atoms with Gasteiger partial charge in [0.25, 0.3) is 0 Å². The first-order valence-electron chi connectivity index (χ1n) is 9.02. The first kappa shape index (κ1) is 19.4. The number of esters is 1. The molecule has 144 valence electrons. The number of rotatable bonds is 5. The van der Waals surface area contributed by atoms with Crippen LogP contribution in [0.25, 0.3) is 0 Å². The van der Waals surface area contributed by atoms with Gasteiger partial charge in [0.15, 0.2) is 0 Å². The Morgan fingerprint density at radius 1 is 1.00 bits per heavy atom. The van der Waals surface area contributed by atoms with E-state index >= 15 is 0 Å². The lowest BCUT2D eigenvalue weighted by molar-refractivity contribution is 0.0601. The summed E-state index contributed by atoms with van der Waals surface area (Å²) in [7, 11) is 1.36. The van der Waals surface area contributed by atoms with Crippen molar-refractivity contribution in [1.82, 2.24) is 9.97 Å². The van der Waals surface area contributed by atoms with Gasteiger partial charge in [0.2, 0.25) is 5.95 Å². The van der Waals surface area contributed by atoms with Gasteiger partial charge in [-0.25, -0.2) is 9.78 Å². The maximum atomic E-state index is 11.7.